The van der Waals surface area contributed by atoms with Gasteiger partial charge in [0.05, 0.1) is 12.6 Å². The third kappa shape index (κ3) is 2.60. The zero-order chi connectivity index (χ0) is 13.3. The average Bonchev–Trinajstić information content (AvgIpc) is 2.32. The molecule has 0 bridgehead atoms. The van der Waals surface area contributed by atoms with E-state index in [2.05, 4.69) is 0 Å². The molecule has 0 unspecified atom stereocenters. The van der Waals surface area contributed by atoms with Gasteiger partial charge in [-0.3, -0.25) is 4.79 Å². The second kappa shape index (κ2) is 5.16. The number of benzene rings is 1. The van der Waals surface area contributed by atoms with Crippen molar-refractivity contribution in [3.63, 3.8) is 0 Å². The number of anilines is 1. The van der Waals surface area contributed by atoms with E-state index in [0.717, 1.165) is 12.2 Å². The molecule has 1 heterocycles. The highest BCUT2D eigenvalue weighted by molar-refractivity contribution is 6.31. The third-order valence-corrected chi connectivity index (χ3v) is 3.58. The van der Waals surface area contributed by atoms with E-state index >= 15 is 0 Å². The van der Waals surface area contributed by atoms with E-state index in [-0.39, 0.29) is 5.91 Å². The van der Waals surface area contributed by atoms with Crippen LogP contribution in [-0.4, -0.2) is 42.6 Å². The van der Waals surface area contributed by atoms with Crippen LogP contribution in [-0.2, 0) is 4.79 Å². The fourth-order valence-corrected chi connectivity index (χ4v) is 2.36. The van der Waals surface area contributed by atoms with Gasteiger partial charge in [-0.2, -0.15) is 0 Å². The van der Waals surface area contributed by atoms with Crippen LogP contribution in [0.2, 0.25) is 5.02 Å². The predicted octanol–water partition coefficient (Wildman–Crippen LogP) is 1.67. The van der Waals surface area contributed by atoms with Gasteiger partial charge in [-0.25, -0.2) is 0 Å². The first kappa shape index (κ1) is 13.2. The van der Waals surface area contributed by atoms with Crippen molar-refractivity contribution in [1.29, 1.82) is 0 Å². The third-order valence-electron chi connectivity index (χ3n) is 3.26. The van der Waals surface area contributed by atoms with Crippen molar-refractivity contribution in [2.24, 2.45) is 0 Å². The molecule has 1 aliphatic heterocycles. The summed E-state index contributed by atoms with van der Waals surface area (Å²) in [5.41, 5.74) is 1.63. The van der Waals surface area contributed by atoms with Gasteiger partial charge in [0.25, 0.3) is 0 Å². The van der Waals surface area contributed by atoms with Crippen molar-refractivity contribution in [3.8, 4) is 0 Å². The standard InChI is InChI=1S/C13H17ClN2O2/c1-9(17)11-4-3-10(7-12(11)14)16-6-5-15(2)13(18)8-16/h3-4,7,9,17H,5-6,8H2,1-2H3/t9-/m0/s1. The average molecular weight is 269 g/mol. The Morgan fingerprint density at radius 1 is 1.39 bits per heavy atom. The molecule has 0 aromatic heterocycles. The van der Waals surface area contributed by atoms with E-state index in [1.54, 1.807) is 11.8 Å². The molecule has 1 aliphatic rings. The second-order valence-corrected chi connectivity index (χ2v) is 5.03. The maximum Gasteiger partial charge on any atom is 0.241 e. The Balaban J connectivity index is 2.19. The maximum atomic E-state index is 11.6. The minimum absolute atomic E-state index is 0.108. The molecule has 1 atom stereocenters. The number of aliphatic hydroxyl groups excluding tert-OH is 1. The summed E-state index contributed by atoms with van der Waals surface area (Å²) in [6, 6.07) is 5.51. The van der Waals surface area contributed by atoms with E-state index in [0.29, 0.717) is 23.7 Å². The zero-order valence-electron chi connectivity index (χ0n) is 10.6. The number of likely N-dealkylation sites (N-methyl/N-ethyl adjacent to an activating group) is 1. The topological polar surface area (TPSA) is 43.8 Å². The molecule has 1 fully saturated rings. The Hall–Kier alpha value is -1.26. The summed E-state index contributed by atoms with van der Waals surface area (Å²) in [4.78, 5) is 15.4. The number of hydrogen-bond acceptors (Lipinski definition) is 3. The van der Waals surface area contributed by atoms with Gasteiger partial charge in [-0.1, -0.05) is 17.7 Å². The van der Waals surface area contributed by atoms with Crippen molar-refractivity contribution >= 4 is 23.2 Å². The number of nitrogens with zero attached hydrogens (tertiary/aromatic N) is 2. The van der Waals surface area contributed by atoms with Gasteiger partial charge in [0.1, 0.15) is 0 Å². The summed E-state index contributed by atoms with van der Waals surface area (Å²) in [5, 5.41) is 10.1. The molecule has 4 nitrogen and oxygen atoms in total. The van der Waals surface area contributed by atoms with Gasteiger partial charge >= 0.3 is 0 Å². The van der Waals surface area contributed by atoms with Gasteiger partial charge < -0.3 is 14.9 Å². The number of hydrogen-bond donors (Lipinski definition) is 1. The lowest BCUT2D eigenvalue weighted by Gasteiger charge is -2.33. The summed E-state index contributed by atoms with van der Waals surface area (Å²) in [5.74, 6) is 0.108. The molecule has 1 aromatic rings. The molecule has 18 heavy (non-hydrogen) atoms. The van der Waals surface area contributed by atoms with E-state index in [4.69, 9.17) is 11.6 Å². The predicted molar refractivity (Wildman–Crippen MR) is 71.9 cm³/mol. The van der Waals surface area contributed by atoms with E-state index < -0.39 is 6.10 Å². The van der Waals surface area contributed by atoms with Crippen molar-refractivity contribution < 1.29 is 9.90 Å². The summed E-state index contributed by atoms with van der Waals surface area (Å²) >= 11 is 6.13. The monoisotopic (exact) mass is 268 g/mol. The van der Waals surface area contributed by atoms with Gasteiger partial charge in [0, 0.05) is 30.8 Å². The number of rotatable bonds is 2. The summed E-state index contributed by atoms with van der Waals surface area (Å²) in [7, 11) is 1.81. The summed E-state index contributed by atoms with van der Waals surface area (Å²) < 4.78 is 0. The molecule has 98 valence electrons. The Morgan fingerprint density at radius 3 is 2.67 bits per heavy atom. The molecule has 0 radical (unpaired) electrons. The van der Waals surface area contributed by atoms with Crippen LogP contribution in [0.4, 0.5) is 5.69 Å². The fourth-order valence-electron chi connectivity index (χ4n) is 2.03. The van der Waals surface area contributed by atoms with E-state index in [9.17, 15) is 9.90 Å². The largest absolute Gasteiger partial charge is 0.389 e. The molecule has 1 N–H and O–H groups in total. The molecular weight excluding hydrogens is 252 g/mol. The number of amides is 1. The number of aliphatic hydroxyl groups is 1. The van der Waals surface area contributed by atoms with Crippen molar-refractivity contribution in [3.05, 3.63) is 28.8 Å². The lowest BCUT2D eigenvalue weighted by Crippen LogP contribution is -2.48. The highest BCUT2D eigenvalue weighted by Gasteiger charge is 2.21. The van der Waals surface area contributed by atoms with Gasteiger partial charge in [0.2, 0.25) is 5.91 Å². The van der Waals surface area contributed by atoms with Gasteiger partial charge in [0.15, 0.2) is 0 Å². The van der Waals surface area contributed by atoms with Crippen LogP contribution >= 0.6 is 11.6 Å². The number of carbonyl (C=O) groups excluding carboxylic acids is 1. The molecular formula is C13H17ClN2O2. The summed E-state index contributed by atoms with van der Waals surface area (Å²) in [6.07, 6.45) is -0.583. The first-order valence-electron chi connectivity index (χ1n) is 5.95. The van der Waals surface area contributed by atoms with Crippen LogP contribution in [0.1, 0.15) is 18.6 Å². The molecule has 1 aromatic carbocycles. The zero-order valence-corrected chi connectivity index (χ0v) is 11.3. The van der Waals surface area contributed by atoms with E-state index in [1.165, 1.54) is 0 Å². The van der Waals surface area contributed by atoms with Crippen molar-refractivity contribution in [1.82, 2.24) is 4.90 Å². The Bertz CT molecular complexity index is 462. The second-order valence-electron chi connectivity index (χ2n) is 4.62. The van der Waals surface area contributed by atoms with Crippen molar-refractivity contribution in [2.75, 3.05) is 31.6 Å². The lowest BCUT2D eigenvalue weighted by molar-refractivity contribution is -0.129. The Kier molecular flexibility index (Phi) is 3.78. The first-order valence-corrected chi connectivity index (χ1v) is 6.33. The quantitative estimate of drug-likeness (QED) is 0.887. The molecule has 0 spiro atoms. The van der Waals surface area contributed by atoms with Crippen LogP contribution in [0.3, 0.4) is 0 Å². The van der Waals surface area contributed by atoms with Gasteiger partial charge in [-0.15, -0.1) is 0 Å². The van der Waals surface area contributed by atoms with Crippen LogP contribution < -0.4 is 4.90 Å². The van der Waals surface area contributed by atoms with E-state index in [1.807, 2.05) is 30.1 Å². The number of halogens is 1. The molecule has 0 aliphatic carbocycles. The maximum absolute atomic E-state index is 11.6. The molecule has 2 rings (SSSR count). The SMILES string of the molecule is C[C@H](O)c1ccc(N2CCN(C)C(=O)C2)cc1Cl. The first-order chi connectivity index (χ1) is 8.49. The van der Waals surface area contributed by atoms with Crippen LogP contribution in [0, 0.1) is 0 Å². The van der Waals surface area contributed by atoms with Crippen LogP contribution in [0.15, 0.2) is 18.2 Å². The normalized spacial score (nSPS) is 18.1. The smallest absolute Gasteiger partial charge is 0.241 e. The molecule has 5 heteroatoms. The molecule has 1 saturated heterocycles. The minimum Gasteiger partial charge on any atom is -0.389 e. The molecule has 1 amide bonds. The minimum atomic E-state index is -0.583. The van der Waals surface area contributed by atoms with Crippen molar-refractivity contribution in [2.45, 2.75) is 13.0 Å². The van der Waals surface area contributed by atoms with Crippen LogP contribution in [0.5, 0.6) is 0 Å². The number of carbonyl (C=O) groups is 1. The highest BCUT2D eigenvalue weighted by Crippen LogP contribution is 2.28. The Labute approximate surface area is 112 Å². The lowest BCUT2D eigenvalue weighted by atomic mass is 10.1. The van der Waals surface area contributed by atoms with Crippen LogP contribution in [0.25, 0.3) is 0 Å². The molecule has 0 saturated carbocycles. The fraction of sp³-hybridized carbons (Fsp3) is 0.462. The Morgan fingerprint density at radius 2 is 2.11 bits per heavy atom. The van der Waals surface area contributed by atoms with Gasteiger partial charge in [-0.05, 0) is 24.6 Å². The number of piperazine rings is 1. The summed E-state index contributed by atoms with van der Waals surface area (Å²) in [6.45, 7) is 3.57. The highest BCUT2D eigenvalue weighted by atomic mass is 35.5.